The van der Waals surface area contributed by atoms with Crippen LogP contribution in [0.15, 0.2) is 30.3 Å². The van der Waals surface area contributed by atoms with Gasteiger partial charge in [-0.15, -0.1) is 0 Å². The highest BCUT2D eigenvalue weighted by Gasteiger charge is 2.24. The van der Waals surface area contributed by atoms with Gasteiger partial charge in [-0.3, -0.25) is 0 Å². The van der Waals surface area contributed by atoms with E-state index in [2.05, 4.69) is 42.3 Å². The quantitative estimate of drug-likeness (QED) is 0.865. The van der Waals surface area contributed by atoms with Crippen molar-refractivity contribution in [1.29, 1.82) is 0 Å². The molecule has 2 unspecified atom stereocenters. The Morgan fingerprint density at radius 2 is 1.78 bits per heavy atom. The number of hydrogen-bond acceptors (Lipinski definition) is 2. The molecule has 2 nitrogen and oxygen atoms in total. The Kier molecular flexibility index (Phi) is 5.21. The van der Waals surface area contributed by atoms with E-state index in [1.165, 1.54) is 37.8 Å². The standard InChI is InChI=1S/C16H26N2/c1-18(12-14-7-3-2-4-8-14)13-16-10-6-5-9-15(16)11-17/h2-4,7-8,15-16H,5-6,9-13,17H2,1H3. The van der Waals surface area contributed by atoms with Gasteiger partial charge in [0, 0.05) is 13.1 Å². The maximum atomic E-state index is 5.90. The Labute approximate surface area is 111 Å². The molecule has 2 atom stereocenters. The van der Waals surface area contributed by atoms with Crippen molar-refractivity contribution < 1.29 is 0 Å². The second-order valence-corrected chi connectivity index (χ2v) is 5.72. The monoisotopic (exact) mass is 246 g/mol. The van der Waals surface area contributed by atoms with Gasteiger partial charge in [0.15, 0.2) is 0 Å². The van der Waals surface area contributed by atoms with Crippen LogP contribution in [-0.4, -0.2) is 25.0 Å². The molecule has 0 bridgehead atoms. The van der Waals surface area contributed by atoms with Crippen molar-refractivity contribution in [2.45, 2.75) is 32.2 Å². The smallest absolute Gasteiger partial charge is 0.0230 e. The molecule has 1 aromatic carbocycles. The summed E-state index contributed by atoms with van der Waals surface area (Å²) in [6.45, 7) is 3.11. The number of nitrogens with zero attached hydrogens (tertiary/aromatic N) is 1. The molecule has 18 heavy (non-hydrogen) atoms. The Morgan fingerprint density at radius 3 is 2.44 bits per heavy atom. The van der Waals surface area contributed by atoms with Crippen molar-refractivity contribution in [2.24, 2.45) is 17.6 Å². The molecule has 0 aliphatic heterocycles. The molecule has 1 fully saturated rings. The van der Waals surface area contributed by atoms with E-state index < -0.39 is 0 Å². The van der Waals surface area contributed by atoms with Crippen molar-refractivity contribution in [2.75, 3.05) is 20.1 Å². The molecular formula is C16H26N2. The third-order valence-electron chi connectivity index (χ3n) is 4.21. The Balaban J connectivity index is 1.84. The first-order valence-corrected chi connectivity index (χ1v) is 7.22. The maximum Gasteiger partial charge on any atom is 0.0230 e. The second-order valence-electron chi connectivity index (χ2n) is 5.72. The molecular weight excluding hydrogens is 220 g/mol. The predicted molar refractivity (Wildman–Crippen MR) is 77.3 cm³/mol. The van der Waals surface area contributed by atoms with E-state index in [1.54, 1.807) is 0 Å². The van der Waals surface area contributed by atoms with Crippen molar-refractivity contribution in [3.8, 4) is 0 Å². The summed E-state index contributed by atoms with van der Waals surface area (Å²) in [7, 11) is 2.23. The van der Waals surface area contributed by atoms with Crippen LogP contribution in [0.1, 0.15) is 31.2 Å². The number of rotatable bonds is 5. The molecule has 1 aliphatic carbocycles. The van der Waals surface area contributed by atoms with Crippen molar-refractivity contribution >= 4 is 0 Å². The van der Waals surface area contributed by atoms with Gasteiger partial charge in [0.25, 0.3) is 0 Å². The van der Waals surface area contributed by atoms with Gasteiger partial charge in [-0.05, 0) is 43.8 Å². The first-order valence-electron chi connectivity index (χ1n) is 7.22. The van der Waals surface area contributed by atoms with Crippen LogP contribution in [-0.2, 0) is 6.54 Å². The lowest BCUT2D eigenvalue weighted by molar-refractivity contribution is 0.170. The van der Waals surface area contributed by atoms with Crippen LogP contribution in [0.25, 0.3) is 0 Å². The average molecular weight is 246 g/mol. The average Bonchev–Trinajstić information content (AvgIpc) is 2.40. The number of benzene rings is 1. The van der Waals surface area contributed by atoms with E-state index in [9.17, 15) is 0 Å². The minimum absolute atomic E-state index is 0.747. The van der Waals surface area contributed by atoms with Gasteiger partial charge in [-0.25, -0.2) is 0 Å². The molecule has 0 radical (unpaired) electrons. The second kappa shape index (κ2) is 6.91. The van der Waals surface area contributed by atoms with E-state index in [4.69, 9.17) is 5.73 Å². The van der Waals surface area contributed by atoms with Crippen molar-refractivity contribution in [1.82, 2.24) is 4.90 Å². The summed E-state index contributed by atoms with van der Waals surface area (Å²) in [5.74, 6) is 1.55. The Morgan fingerprint density at radius 1 is 1.11 bits per heavy atom. The third kappa shape index (κ3) is 3.82. The number of nitrogens with two attached hydrogens (primary N) is 1. The fourth-order valence-corrected chi connectivity index (χ4v) is 3.20. The topological polar surface area (TPSA) is 29.3 Å². The molecule has 2 heteroatoms. The summed E-state index contributed by atoms with van der Waals surface area (Å²) >= 11 is 0. The molecule has 0 spiro atoms. The van der Waals surface area contributed by atoms with Crippen LogP contribution in [0, 0.1) is 11.8 Å². The molecule has 2 N–H and O–H groups in total. The van der Waals surface area contributed by atoms with Crippen molar-refractivity contribution in [3.05, 3.63) is 35.9 Å². The van der Waals surface area contributed by atoms with Crippen molar-refractivity contribution in [3.63, 3.8) is 0 Å². The van der Waals surface area contributed by atoms with E-state index in [-0.39, 0.29) is 0 Å². The third-order valence-corrected chi connectivity index (χ3v) is 4.21. The van der Waals surface area contributed by atoms with Gasteiger partial charge >= 0.3 is 0 Å². The zero-order valence-electron chi connectivity index (χ0n) is 11.5. The van der Waals surface area contributed by atoms with Gasteiger partial charge in [-0.1, -0.05) is 43.2 Å². The summed E-state index contributed by atoms with van der Waals surface area (Å²) in [4.78, 5) is 2.45. The first-order chi connectivity index (χ1) is 8.79. The SMILES string of the molecule is CN(Cc1ccccc1)CC1CCCCC1CN. The Hall–Kier alpha value is -0.860. The summed E-state index contributed by atoms with van der Waals surface area (Å²) in [6.07, 6.45) is 5.46. The Bertz CT molecular complexity index is 336. The van der Waals surface area contributed by atoms with Gasteiger partial charge in [0.05, 0.1) is 0 Å². The molecule has 0 amide bonds. The van der Waals surface area contributed by atoms with E-state index in [0.717, 1.165) is 24.9 Å². The lowest BCUT2D eigenvalue weighted by Crippen LogP contribution is -2.35. The van der Waals surface area contributed by atoms with Gasteiger partial charge in [0.2, 0.25) is 0 Å². The molecule has 0 aromatic heterocycles. The van der Waals surface area contributed by atoms with E-state index in [0.29, 0.717) is 0 Å². The normalized spacial score (nSPS) is 24.4. The number of hydrogen-bond donors (Lipinski definition) is 1. The lowest BCUT2D eigenvalue weighted by Gasteiger charge is -2.33. The summed E-state index contributed by atoms with van der Waals surface area (Å²) < 4.78 is 0. The highest BCUT2D eigenvalue weighted by atomic mass is 15.1. The minimum atomic E-state index is 0.747. The van der Waals surface area contributed by atoms with Crippen LogP contribution in [0.3, 0.4) is 0 Å². The fourth-order valence-electron chi connectivity index (χ4n) is 3.20. The first kappa shape index (κ1) is 13.6. The van der Waals surface area contributed by atoms with Gasteiger partial charge in [0.1, 0.15) is 0 Å². The summed E-state index contributed by atoms with van der Waals surface area (Å²) in [5.41, 5.74) is 7.31. The highest BCUT2D eigenvalue weighted by Crippen LogP contribution is 2.29. The van der Waals surface area contributed by atoms with E-state index >= 15 is 0 Å². The maximum absolute atomic E-state index is 5.90. The molecule has 1 aliphatic rings. The predicted octanol–water partition coefficient (Wildman–Crippen LogP) is 2.88. The fraction of sp³-hybridized carbons (Fsp3) is 0.625. The molecule has 0 heterocycles. The minimum Gasteiger partial charge on any atom is -0.330 e. The highest BCUT2D eigenvalue weighted by molar-refractivity contribution is 5.14. The van der Waals surface area contributed by atoms with Gasteiger partial charge < -0.3 is 10.6 Å². The zero-order chi connectivity index (χ0) is 12.8. The van der Waals surface area contributed by atoms with Crippen LogP contribution in [0.5, 0.6) is 0 Å². The van der Waals surface area contributed by atoms with Crippen LogP contribution < -0.4 is 5.73 Å². The summed E-state index contributed by atoms with van der Waals surface area (Å²) in [6, 6.07) is 10.7. The van der Waals surface area contributed by atoms with E-state index in [1.807, 2.05) is 0 Å². The molecule has 2 rings (SSSR count). The van der Waals surface area contributed by atoms with Crippen LogP contribution >= 0.6 is 0 Å². The molecule has 0 saturated heterocycles. The van der Waals surface area contributed by atoms with Gasteiger partial charge in [-0.2, -0.15) is 0 Å². The molecule has 1 aromatic rings. The lowest BCUT2D eigenvalue weighted by atomic mass is 9.79. The van der Waals surface area contributed by atoms with Crippen LogP contribution in [0.4, 0.5) is 0 Å². The van der Waals surface area contributed by atoms with Crippen LogP contribution in [0.2, 0.25) is 0 Å². The molecule has 1 saturated carbocycles. The largest absolute Gasteiger partial charge is 0.330 e. The zero-order valence-corrected chi connectivity index (χ0v) is 11.5. The summed E-state index contributed by atoms with van der Waals surface area (Å²) in [5, 5.41) is 0. The molecule has 100 valence electrons.